The lowest BCUT2D eigenvalue weighted by Crippen LogP contribution is -2.45. The summed E-state index contributed by atoms with van der Waals surface area (Å²) in [6.07, 6.45) is 4.81. The number of para-hydroxylation sites is 2. The maximum Gasteiger partial charge on any atom is 0.224 e. The van der Waals surface area contributed by atoms with Crippen LogP contribution in [0.3, 0.4) is 0 Å². The fourth-order valence-electron chi connectivity index (χ4n) is 3.27. The molecule has 2 N–H and O–H groups in total. The van der Waals surface area contributed by atoms with Gasteiger partial charge in [0.15, 0.2) is 17.5 Å². The molecular weight excluding hydrogens is 380 g/mol. The lowest BCUT2D eigenvalue weighted by Gasteiger charge is -2.24. The van der Waals surface area contributed by atoms with E-state index in [1.54, 1.807) is 13.2 Å². The highest BCUT2D eigenvalue weighted by molar-refractivity contribution is 5.79. The number of pyridine rings is 1. The fraction of sp³-hybridized carbons (Fsp3) is 0.478. The van der Waals surface area contributed by atoms with Crippen molar-refractivity contribution in [3.8, 4) is 17.4 Å². The summed E-state index contributed by atoms with van der Waals surface area (Å²) in [5.41, 5.74) is 0.789. The summed E-state index contributed by atoms with van der Waals surface area (Å²) in [5, 5.41) is 6.69. The van der Waals surface area contributed by atoms with Gasteiger partial charge in [0.2, 0.25) is 5.88 Å². The summed E-state index contributed by atoms with van der Waals surface area (Å²) in [7, 11) is 1.76. The zero-order valence-electron chi connectivity index (χ0n) is 18.1. The van der Waals surface area contributed by atoms with E-state index in [9.17, 15) is 0 Å². The zero-order chi connectivity index (χ0) is 21.2. The topological polar surface area (TPSA) is 77.0 Å². The summed E-state index contributed by atoms with van der Waals surface area (Å²) < 4.78 is 17.7. The van der Waals surface area contributed by atoms with Gasteiger partial charge in [-0.05, 0) is 44.4 Å². The smallest absolute Gasteiger partial charge is 0.224 e. The fourth-order valence-corrected chi connectivity index (χ4v) is 3.27. The van der Waals surface area contributed by atoms with Crippen LogP contribution in [0.25, 0.3) is 0 Å². The molecule has 1 unspecified atom stereocenters. The van der Waals surface area contributed by atoms with Gasteiger partial charge in [0.1, 0.15) is 0 Å². The molecule has 1 aliphatic heterocycles. The Bertz CT molecular complexity index is 835. The third-order valence-electron chi connectivity index (χ3n) is 4.97. The molecule has 0 aliphatic carbocycles. The van der Waals surface area contributed by atoms with Crippen LogP contribution in [0.15, 0.2) is 47.6 Å². The Morgan fingerprint density at radius 2 is 2.03 bits per heavy atom. The number of nitrogens with zero attached hydrogens (tertiary/aromatic N) is 2. The molecule has 1 fully saturated rings. The number of aliphatic imine (C=N–C) groups is 1. The van der Waals surface area contributed by atoms with Crippen LogP contribution in [0.5, 0.6) is 17.4 Å². The molecule has 1 aromatic heterocycles. The molecule has 3 rings (SSSR count). The molecule has 7 heteroatoms. The van der Waals surface area contributed by atoms with Crippen molar-refractivity contribution in [1.82, 2.24) is 15.6 Å². The van der Waals surface area contributed by atoms with E-state index in [0.717, 1.165) is 31.4 Å². The number of hydrogen-bond acceptors (Lipinski definition) is 5. The second kappa shape index (κ2) is 10.8. The SMILES string of the molecule is CCCOc1ccccc1Oc1ncccc1CNC(=NC)NCC1(C)CCCO1. The maximum absolute atomic E-state index is 6.10. The van der Waals surface area contributed by atoms with E-state index < -0.39 is 0 Å². The minimum absolute atomic E-state index is 0.137. The predicted molar refractivity (Wildman–Crippen MR) is 118 cm³/mol. The van der Waals surface area contributed by atoms with E-state index >= 15 is 0 Å². The Labute approximate surface area is 178 Å². The Hall–Kier alpha value is -2.80. The molecule has 0 amide bonds. The van der Waals surface area contributed by atoms with Gasteiger partial charge in [-0.3, -0.25) is 4.99 Å². The first kappa shape index (κ1) is 21.9. The highest BCUT2D eigenvalue weighted by Crippen LogP contribution is 2.32. The number of ether oxygens (including phenoxy) is 3. The lowest BCUT2D eigenvalue weighted by atomic mass is 10.0. The first-order valence-corrected chi connectivity index (χ1v) is 10.6. The molecule has 1 atom stereocenters. The molecule has 162 valence electrons. The molecule has 1 saturated heterocycles. The van der Waals surface area contributed by atoms with Gasteiger partial charge >= 0.3 is 0 Å². The van der Waals surface area contributed by atoms with E-state index in [4.69, 9.17) is 14.2 Å². The van der Waals surface area contributed by atoms with Crippen molar-refractivity contribution in [3.05, 3.63) is 48.2 Å². The summed E-state index contributed by atoms with van der Waals surface area (Å²) >= 11 is 0. The molecule has 0 spiro atoms. The van der Waals surface area contributed by atoms with Crippen LogP contribution >= 0.6 is 0 Å². The van der Waals surface area contributed by atoms with Gasteiger partial charge in [0, 0.05) is 38.5 Å². The maximum atomic E-state index is 6.10. The van der Waals surface area contributed by atoms with Crippen molar-refractivity contribution in [1.29, 1.82) is 0 Å². The third-order valence-corrected chi connectivity index (χ3v) is 4.97. The van der Waals surface area contributed by atoms with E-state index in [1.165, 1.54) is 0 Å². The van der Waals surface area contributed by atoms with Crippen molar-refractivity contribution < 1.29 is 14.2 Å². The van der Waals surface area contributed by atoms with Crippen molar-refractivity contribution in [3.63, 3.8) is 0 Å². The largest absolute Gasteiger partial charge is 0.490 e. The molecule has 7 nitrogen and oxygen atoms in total. The summed E-state index contributed by atoms with van der Waals surface area (Å²) in [4.78, 5) is 8.74. The van der Waals surface area contributed by atoms with E-state index in [1.807, 2.05) is 36.4 Å². The van der Waals surface area contributed by atoms with Gasteiger partial charge in [0.25, 0.3) is 0 Å². The Morgan fingerprint density at radius 3 is 2.77 bits per heavy atom. The summed E-state index contributed by atoms with van der Waals surface area (Å²) in [6.45, 7) is 6.91. The second-order valence-electron chi connectivity index (χ2n) is 7.55. The summed E-state index contributed by atoms with van der Waals surface area (Å²) in [5.74, 6) is 2.62. The molecule has 1 aliphatic rings. The van der Waals surface area contributed by atoms with Crippen LogP contribution < -0.4 is 20.1 Å². The van der Waals surface area contributed by atoms with Crippen LogP contribution in [0.1, 0.15) is 38.7 Å². The summed E-state index contributed by atoms with van der Waals surface area (Å²) in [6, 6.07) is 11.5. The molecule has 0 bridgehead atoms. The average Bonchev–Trinajstić information content (AvgIpc) is 3.21. The minimum Gasteiger partial charge on any atom is -0.490 e. The molecule has 2 heterocycles. The molecule has 2 aromatic rings. The molecule has 0 radical (unpaired) electrons. The number of aromatic nitrogens is 1. The standard InChI is InChI=1S/C23H32N4O3/c1-4-14-28-19-10-5-6-11-20(19)30-21-18(9-7-13-25-21)16-26-22(24-3)27-17-23(2)12-8-15-29-23/h5-7,9-11,13H,4,8,12,14-17H2,1-3H3,(H2,24,26,27). The number of benzene rings is 1. The van der Waals surface area contributed by atoms with Crippen molar-refractivity contribution in [2.45, 2.75) is 45.3 Å². The second-order valence-corrected chi connectivity index (χ2v) is 7.55. The van der Waals surface area contributed by atoms with E-state index in [0.29, 0.717) is 43.0 Å². The van der Waals surface area contributed by atoms with Gasteiger partial charge in [-0.1, -0.05) is 25.1 Å². The van der Waals surface area contributed by atoms with Crippen molar-refractivity contribution in [2.24, 2.45) is 4.99 Å². The molecule has 30 heavy (non-hydrogen) atoms. The number of hydrogen-bond donors (Lipinski definition) is 2. The predicted octanol–water partition coefficient (Wildman–Crippen LogP) is 3.90. The van der Waals surface area contributed by atoms with E-state index in [2.05, 4.69) is 34.5 Å². The van der Waals surface area contributed by atoms with Gasteiger partial charge in [0.05, 0.1) is 12.2 Å². The Balaban J connectivity index is 1.62. The first-order valence-electron chi connectivity index (χ1n) is 10.6. The molecule has 1 aromatic carbocycles. The van der Waals surface area contributed by atoms with Crippen LogP contribution in [-0.2, 0) is 11.3 Å². The van der Waals surface area contributed by atoms with Crippen molar-refractivity contribution >= 4 is 5.96 Å². The minimum atomic E-state index is -0.137. The highest BCUT2D eigenvalue weighted by atomic mass is 16.5. The van der Waals surface area contributed by atoms with Crippen LogP contribution in [0, 0.1) is 0 Å². The van der Waals surface area contributed by atoms with Gasteiger partial charge in [-0.25, -0.2) is 4.98 Å². The van der Waals surface area contributed by atoms with Gasteiger partial charge in [-0.15, -0.1) is 0 Å². The monoisotopic (exact) mass is 412 g/mol. The average molecular weight is 413 g/mol. The quantitative estimate of drug-likeness (QED) is 0.481. The van der Waals surface area contributed by atoms with Gasteiger partial charge < -0.3 is 24.8 Å². The van der Waals surface area contributed by atoms with Crippen LogP contribution in [0.4, 0.5) is 0 Å². The molecule has 0 saturated carbocycles. The van der Waals surface area contributed by atoms with Crippen LogP contribution in [-0.4, -0.2) is 43.4 Å². The van der Waals surface area contributed by atoms with Gasteiger partial charge in [-0.2, -0.15) is 0 Å². The number of rotatable bonds is 9. The highest BCUT2D eigenvalue weighted by Gasteiger charge is 2.29. The first-order chi connectivity index (χ1) is 14.6. The Morgan fingerprint density at radius 1 is 1.20 bits per heavy atom. The molecular formula is C23H32N4O3. The zero-order valence-corrected chi connectivity index (χ0v) is 18.1. The number of nitrogens with one attached hydrogen (secondary N) is 2. The Kier molecular flexibility index (Phi) is 7.90. The van der Waals surface area contributed by atoms with Crippen molar-refractivity contribution in [2.75, 3.05) is 26.8 Å². The normalized spacial score (nSPS) is 18.8. The van der Waals surface area contributed by atoms with Crippen LogP contribution in [0.2, 0.25) is 0 Å². The third kappa shape index (κ3) is 6.10. The van der Waals surface area contributed by atoms with E-state index in [-0.39, 0.29) is 5.60 Å². The number of guanidine groups is 1. The lowest BCUT2D eigenvalue weighted by molar-refractivity contribution is 0.0243.